The molecule has 0 atom stereocenters. The minimum atomic E-state index is -0.928. The second kappa shape index (κ2) is 8.20. The fourth-order valence-corrected chi connectivity index (χ4v) is 3.14. The van der Waals surface area contributed by atoms with Crippen LogP contribution < -0.4 is 14.8 Å². The molecule has 1 aliphatic rings. The number of amides is 1. The van der Waals surface area contributed by atoms with Crippen LogP contribution in [0.3, 0.4) is 0 Å². The lowest BCUT2D eigenvalue weighted by Crippen LogP contribution is -2.21. The summed E-state index contributed by atoms with van der Waals surface area (Å²) in [6.45, 7) is 0.510. The summed E-state index contributed by atoms with van der Waals surface area (Å²) in [5.41, 5.74) is 0.237. The Bertz CT molecular complexity index is 1130. The molecule has 3 aromatic rings. The number of ether oxygens (including phenoxy) is 3. The number of esters is 1. The van der Waals surface area contributed by atoms with Crippen molar-refractivity contribution >= 4 is 28.3 Å². The number of carbonyl (C=O) groups is 2. The van der Waals surface area contributed by atoms with Gasteiger partial charge in [-0.1, -0.05) is 24.3 Å². The molecule has 154 valence electrons. The minimum absolute atomic E-state index is 0.174. The van der Waals surface area contributed by atoms with Crippen LogP contribution in [0.15, 0.2) is 48.5 Å². The van der Waals surface area contributed by atoms with Crippen molar-refractivity contribution in [2.24, 2.45) is 0 Å². The van der Waals surface area contributed by atoms with Gasteiger partial charge < -0.3 is 29.7 Å². The molecule has 1 heterocycles. The minimum Gasteiger partial charge on any atom is -0.507 e. The molecule has 0 unspecified atom stereocenters. The maximum atomic E-state index is 12.3. The average molecular weight is 409 g/mol. The first-order valence-corrected chi connectivity index (χ1v) is 9.33. The summed E-state index contributed by atoms with van der Waals surface area (Å²) >= 11 is 0. The van der Waals surface area contributed by atoms with Crippen molar-refractivity contribution in [3.63, 3.8) is 0 Å². The molecule has 0 radical (unpaired) electrons. The number of phenolic OH excluding ortho intramolecular Hbond substituents is 2. The van der Waals surface area contributed by atoms with E-state index in [0.29, 0.717) is 41.2 Å². The molecule has 3 N–H and O–H groups in total. The summed E-state index contributed by atoms with van der Waals surface area (Å²) in [6.07, 6.45) is 0.767. The molecular weight excluding hydrogens is 390 g/mol. The molecule has 8 nitrogen and oxygen atoms in total. The zero-order valence-electron chi connectivity index (χ0n) is 15.9. The summed E-state index contributed by atoms with van der Waals surface area (Å²) in [6, 6.07) is 12.6. The van der Waals surface area contributed by atoms with E-state index in [1.165, 1.54) is 0 Å². The summed E-state index contributed by atoms with van der Waals surface area (Å²) in [4.78, 5) is 24.5. The molecule has 1 amide bonds. The normalized spacial score (nSPS) is 12.8. The maximum absolute atomic E-state index is 12.3. The number of hydrogen-bond donors (Lipinski definition) is 3. The summed E-state index contributed by atoms with van der Waals surface area (Å²) in [7, 11) is 0. The third-order valence-electron chi connectivity index (χ3n) is 4.58. The predicted molar refractivity (Wildman–Crippen MR) is 108 cm³/mol. The Kier molecular flexibility index (Phi) is 5.30. The van der Waals surface area contributed by atoms with Crippen LogP contribution in [-0.4, -0.2) is 41.9 Å². The third kappa shape index (κ3) is 3.93. The highest BCUT2D eigenvalue weighted by atomic mass is 16.5. The molecule has 30 heavy (non-hydrogen) atoms. The third-order valence-corrected chi connectivity index (χ3v) is 4.58. The van der Waals surface area contributed by atoms with Crippen LogP contribution in [0, 0.1) is 0 Å². The molecule has 0 aromatic heterocycles. The largest absolute Gasteiger partial charge is 0.507 e. The number of fused-ring (bicyclic) bond motifs is 2. The Morgan fingerprint density at radius 3 is 2.50 bits per heavy atom. The molecular formula is C22H19NO7. The van der Waals surface area contributed by atoms with Crippen molar-refractivity contribution in [3.05, 3.63) is 54.1 Å². The number of benzene rings is 3. The lowest BCUT2D eigenvalue weighted by Gasteiger charge is -2.11. The van der Waals surface area contributed by atoms with Gasteiger partial charge in [0.25, 0.3) is 5.91 Å². The Balaban J connectivity index is 1.42. The molecule has 0 bridgehead atoms. The van der Waals surface area contributed by atoms with Gasteiger partial charge in [0.1, 0.15) is 17.1 Å². The fraction of sp³-hybridized carbons (Fsp3) is 0.182. The Hall–Kier alpha value is -3.94. The SMILES string of the molecule is O=C(COC(=O)c1cc(O)c2ccccc2c1O)Nc1ccc2c(c1)OCCCO2. The van der Waals surface area contributed by atoms with Gasteiger partial charge >= 0.3 is 5.97 Å². The molecule has 1 aliphatic heterocycles. The summed E-state index contributed by atoms with van der Waals surface area (Å²) in [5, 5.41) is 23.8. The zero-order chi connectivity index (χ0) is 21.1. The van der Waals surface area contributed by atoms with Gasteiger partial charge in [-0.2, -0.15) is 0 Å². The smallest absolute Gasteiger partial charge is 0.342 e. The molecule has 0 saturated carbocycles. The van der Waals surface area contributed by atoms with Crippen LogP contribution in [0.25, 0.3) is 10.8 Å². The van der Waals surface area contributed by atoms with E-state index in [-0.39, 0.29) is 17.1 Å². The molecule has 3 aromatic carbocycles. The molecule has 0 saturated heterocycles. The highest BCUT2D eigenvalue weighted by Crippen LogP contribution is 2.35. The van der Waals surface area contributed by atoms with Gasteiger partial charge in [0.05, 0.1) is 13.2 Å². The van der Waals surface area contributed by atoms with E-state index < -0.39 is 18.5 Å². The second-order valence-electron chi connectivity index (χ2n) is 6.67. The number of aromatic hydroxyl groups is 2. The lowest BCUT2D eigenvalue weighted by atomic mass is 10.0. The number of nitrogens with one attached hydrogen (secondary N) is 1. The van der Waals surface area contributed by atoms with E-state index in [9.17, 15) is 19.8 Å². The average Bonchev–Trinajstić information content (AvgIpc) is 2.99. The van der Waals surface area contributed by atoms with E-state index in [1.54, 1.807) is 42.5 Å². The Morgan fingerprint density at radius 2 is 1.70 bits per heavy atom. The van der Waals surface area contributed by atoms with E-state index in [2.05, 4.69) is 5.32 Å². The highest BCUT2D eigenvalue weighted by molar-refractivity contribution is 6.04. The molecule has 0 spiro atoms. The van der Waals surface area contributed by atoms with E-state index >= 15 is 0 Å². The number of carbonyl (C=O) groups excluding carboxylic acids is 2. The molecule has 0 aliphatic carbocycles. The van der Waals surface area contributed by atoms with Gasteiger partial charge in [-0.25, -0.2) is 4.79 Å². The van der Waals surface area contributed by atoms with Gasteiger partial charge in [0.2, 0.25) is 0 Å². The summed E-state index contributed by atoms with van der Waals surface area (Å²) in [5.74, 6) is -0.865. The predicted octanol–water partition coefficient (Wildman–Crippen LogP) is 3.21. The Morgan fingerprint density at radius 1 is 0.967 bits per heavy atom. The monoisotopic (exact) mass is 409 g/mol. The van der Waals surface area contributed by atoms with Crippen molar-refractivity contribution in [1.82, 2.24) is 0 Å². The molecule has 8 heteroatoms. The van der Waals surface area contributed by atoms with Gasteiger partial charge in [-0.15, -0.1) is 0 Å². The van der Waals surface area contributed by atoms with Crippen molar-refractivity contribution in [2.45, 2.75) is 6.42 Å². The van der Waals surface area contributed by atoms with Crippen LogP contribution in [0.2, 0.25) is 0 Å². The number of phenols is 2. The van der Waals surface area contributed by atoms with Crippen LogP contribution in [-0.2, 0) is 9.53 Å². The summed E-state index contributed by atoms with van der Waals surface area (Å²) < 4.78 is 16.1. The van der Waals surface area contributed by atoms with Crippen molar-refractivity contribution in [3.8, 4) is 23.0 Å². The molecule has 4 rings (SSSR count). The highest BCUT2D eigenvalue weighted by Gasteiger charge is 2.19. The van der Waals surface area contributed by atoms with Crippen molar-refractivity contribution < 1.29 is 34.0 Å². The van der Waals surface area contributed by atoms with Gasteiger partial charge in [0.15, 0.2) is 18.1 Å². The van der Waals surface area contributed by atoms with Crippen LogP contribution >= 0.6 is 0 Å². The topological polar surface area (TPSA) is 114 Å². The van der Waals surface area contributed by atoms with Crippen LogP contribution in [0.1, 0.15) is 16.8 Å². The number of hydrogen-bond acceptors (Lipinski definition) is 7. The first-order valence-electron chi connectivity index (χ1n) is 9.33. The standard InChI is InChI=1S/C22H19NO7/c24-17-11-16(21(26)15-5-2-1-4-14(15)17)22(27)30-12-20(25)23-13-6-7-18-19(10-13)29-9-3-8-28-18/h1-2,4-7,10-11,24,26H,3,8-9,12H2,(H,23,25). The quantitative estimate of drug-likeness (QED) is 0.448. The van der Waals surface area contributed by atoms with Crippen LogP contribution in [0.4, 0.5) is 5.69 Å². The van der Waals surface area contributed by atoms with Gasteiger partial charge in [-0.3, -0.25) is 4.79 Å². The maximum Gasteiger partial charge on any atom is 0.342 e. The zero-order valence-corrected chi connectivity index (χ0v) is 15.9. The van der Waals surface area contributed by atoms with E-state index in [4.69, 9.17) is 14.2 Å². The van der Waals surface area contributed by atoms with Crippen LogP contribution in [0.5, 0.6) is 23.0 Å². The van der Waals surface area contributed by atoms with E-state index in [1.807, 2.05) is 0 Å². The van der Waals surface area contributed by atoms with Crippen molar-refractivity contribution in [1.29, 1.82) is 0 Å². The molecule has 0 fully saturated rings. The van der Waals surface area contributed by atoms with Gasteiger partial charge in [0, 0.05) is 28.9 Å². The lowest BCUT2D eigenvalue weighted by molar-refractivity contribution is -0.119. The second-order valence-corrected chi connectivity index (χ2v) is 6.67. The fourth-order valence-electron chi connectivity index (χ4n) is 3.14. The van der Waals surface area contributed by atoms with Crippen molar-refractivity contribution in [2.75, 3.05) is 25.1 Å². The van der Waals surface area contributed by atoms with Gasteiger partial charge in [-0.05, 0) is 18.2 Å². The number of rotatable bonds is 4. The first kappa shape index (κ1) is 19.4. The first-order chi connectivity index (χ1) is 14.5. The van der Waals surface area contributed by atoms with E-state index in [0.717, 1.165) is 12.5 Å². The Labute approximate surface area is 171 Å². The number of anilines is 1.